The third kappa shape index (κ3) is 5.13. The highest BCUT2D eigenvalue weighted by molar-refractivity contribution is 7.90. The third-order valence-electron chi connectivity index (χ3n) is 6.45. The molecule has 2 heterocycles. The van der Waals surface area contributed by atoms with Crippen molar-refractivity contribution in [2.45, 2.75) is 63.1 Å². The van der Waals surface area contributed by atoms with E-state index >= 15 is 0 Å². The zero-order valence-electron chi connectivity index (χ0n) is 19.9. The Labute approximate surface area is 196 Å². The quantitative estimate of drug-likeness (QED) is 0.551. The van der Waals surface area contributed by atoms with E-state index in [1.807, 2.05) is 41.3 Å². The average molecular weight is 468 g/mol. The number of hydrogen-bond donors (Lipinski definition) is 0. The van der Waals surface area contributed by atoms with Crippen LogP contribution in [0, 0.1) is 5.92 Å². The minimum atomic E-state index is -3.47. The van der Waals surface area contributed by atoms with Gasteiger partial charge >= 0.3 is 0 Å². The molecule has 0 bridgehead atoms. The molecule has 1 aliphatic rings. The maximum Gasteiger partial charge on any atom is 0.219 e. The van der Waals surface area contributed by atoms with Gasteiger partial charge in [-0.1, -0.05) is 51.1 Å². The Morgan fingerprint density at radius 2 is 1.73 bits per heavy atom. The number of hydrogen-bond acceptors (Lipinski definition) is 4. The van der Waals surface area contributed by atoms with E-state index in [9.17, 15) is 13.2 Å². The SMILES string of the molecule is CC(=O)N1CCC(Cn2c(C(C)(C)C)nc3cc(S(=O)(=O)Cc4ccccc4)ccc32)CC1. The monoisotopic (exact) mass is 467 g/mol. The zero-order valence-corrected chi connectivity index (χ0v) is 20.7. The maximum atomic E-state index is 13.1. The molecule has 0 aliphatic carbocycles. The number of aromatic nitrogens is 2. The van der Waals surface area contributed by atoms with Gasteiger partial charge in [0, 0.05) is 32.0 Å². The van der Waals surface area contributed by atoms with Crippen LogP contribution in [0.4, 0.5) is 0 Å². The van der Waals surface area contributed by atoms with Gasteiger partial charge in [0.1, 0.15) is 5.82 Å². The van der Waals surface area contributed by atoms with Crippen LogP contribution in [-0.2, 0) is 32.3 Å². The average Bonchev–Trinajstić information content (AvgIpc) is 3.13. The Morgan fingerprint density at radius 1 is 1.06 bits per heavy atom. The third-order valence-corrected chi connectivity index (χ3v) is 8.14. The number of amides is 1. The van der Waals surface area contributed by atoms with E-state index in [-0.39, 0.29) is 17.1 Å². The van der Waals surface area contributed by atoms with Crippen molar-refractivity contribution in [2.75, 3.05) is 13.1 Å². The minimum Gasteiger partial charge on any atom is -0.343 e. The van der Waals surface area contributed by atoms with Gasteiger partial charge in [-0.05, 0) is 42.5 Å². The minimum absolute atomic E-state index is 0.0269. The molecule has 1 fully saturated rings. The lowest BCUT2D eigenvalue weighted by atomic mass is 9.93. The van der Waals surface area contributed by atoms with Crippen molar-refractivity contribution in [3.8, 4) is 0 Å². The second kappa shape index (κ2) is 8.93. The van der Waals surface area contributed by atoms with Gasteiger partial charge in [0.05, 0.1) is 21.7 Å². The predicted octanol–water partition coefficient (Wildman–Crippen LogP) is 4.57. The summed E-state index contributed by atoms with van der Waals surface area (Å²) < 4.78 is 28.4. The van der Waals surface area contributed by atoms with Crippen molar-refractivity contribution in [1.82, 2.24) is 14.5 Å². The first-order chi connectivity index (χ1) is 15.5. The standard InChI is InChI=1S/C26H33N3O3S/c1-19(30)28-14-12-20(13-15-28)17-29-24-11-10-22(16-23(24)27-25(29)26(2,3)4)33(31,32)18-21-8-6-5-7-9-21/h5-11,16,20H,12-15,17-18H2,1-4H3. The summed E-state index contributed by atoms with van der Waals surface area (Å²) in [4.78, 5) is 18.8. The van der Waals surface area contributed by atoms with E-state index in [1.54, 1.807) is 19.1 Å². The Morgan fingerprint density at radius 3 is 2.33 bits per heavy atom. The lowest BCUT2D eigenvalue weighted by Crippen LogP contribution is -2.38. The molecule has 3 aromatic rings. The number of likely N-dealkylation sites (tertiary alicyclic amines) is 1. The van der Waals surface area contributed by atoms with Gasteiger partial charge in [0.2, 0.25) is 5.91 Å². The van der Waals surface area contributed by atoms with Crippen LogP contribution in [0.1, 0.15) is 51.9 Å². The highest BCUT2D eigenvalue weighted by Crippen LogP contribution is 2.31. The summed E-state index contributed by atoms with van der Waals surface area (Å²) in [7, 11) is -3.47. The van der Waals surface area contributed by atoms with Gasteiger partial charge in [-0.15, -0.1) is 0 Å². The van der Waals surface area contributed by atoms with E-state index in [4.69, 9.17) is 4.98 Å². The van der Waals surface area contributed by atoms with E-state index < -0.39 is 9.84 Å². The number of imidazole rings is 1. The normalized spacial score (nSPS) is 15.8. The molecule has 0 saturated carbocycles. The number of sulfone groups is 1. The molecule has 2 aromatic carbocycles. The molecule has 33 heavy (non-hydrogen) atoms. The van der Waals surface area contributed by atoms with Gasteiger partial charge < -0.3 is 9.47 Å². The van der Waals surface area contributed by atoms with Gasteiger partial charge in [0.25, 0.3) is 0 Å². The van der Waals surface area contributed by atoms with E-state index in [1.165, 1.54) is 0 Å². The van der Waals surface area contributed by atoms with Crippen molar-refractivity contribution in [2.24, 2.45) is 5.92 Å². The first-order valence-electron chi connectivity index (χ1n) is 11.6. The summed E-state index contributed by atoms with van der Waals surface area (Å²) in [6.07, 6.45) is 1.93. The molecular weight excluding hydrogens is 434 g/mol. The maximum absolute atomic E-state index is 13.1. The molecular formula is C26H33N3O3S. The molecule has 0 unspecified atom stereocenters. The van der Waals surface area contributed by atoms with E-state index in [0.717, 1.165) is 54.9 Å². The van der Waals surface area contributed by atoms with Crippen LogP contribution in [0.15, 0.2) is 53.4 Å². The number of rotatable bonds is 5. The van der Waals surface area contributed by atoms with Crippen molar-refractivity contribution in [1.29, 1.82) is 0 Å². The van der Waals surface area contributed by atoms with E-state index in [2.05, 4.69) is 25.3 Å². The van der Waals surface area contributed by atoms with Crippen LogP contribution in [0.3, 0.4) is 0 Å². The fourth-order valence-corrected chi connectivity index (χ4v) is 5.99. The Balaban J connectivity index is 1.65. The molecule has 0 N–H and O–H groups in total. The fraction of sp³-hybridized carbons (Fsp3) is 0.462. The molecule has 0 spiro atoms. The largest absolute Gasteiger partial charge is 0.343 e. The molecule has 1 aliphatic heterocycles. The van der Waals surface area contributed by atoms with Gasteiger partial charge in [-0.2, -0.15) is 0 Å². The summed E-state index contributed by atoms with van der Waals surface area (Å²) in [5.74, 6) is 1.53. The molecule has 0 atom stereocenters. The van der Waals surface area contributed by atoms with Crippen LogP contribution in [0.5, 0.6) is 0 Å². The molecule has 4 rings (SSSR count). The number of benzene rings is 2. The fourth-order valence-electron chi connectivity index (χ4n) is 4.63. The summed E-state index contributed by atoms with van der Waals surface area (Å²) in [6, 6.07) is 14.6. The van der Waals surface area contributed by atoms with Crippen LogP contribution in [0.2, 0.25) is 0 Å². The smallest absolute Gasteiger partial charge is 0.219 e. The molecule has 176 valence electrons. The summed E-state index contributed by atoms with van der Waals surface area (Å²) in [5, 5.41) is 0. The second-order valence-corrected chi connectivity index (χ2v) is 12.1. The number of carbonyl (C=O) groups excluding carboxylic acids is 1. The lowest BCUT2D eigenvalue weighted by molar-refractivity contribution is -0.130. The highest BCUT2D eigenvalue weighted by atomic mass is 32.2. The van der Waals surface area contributed by atoms with Gasteiger partial charge in [-0.25, -0.2) is 13.4 Å². The molecule has 1 amide bonds. The Hall–Kier alpha value is -2.67. The Kier molecular flexibility index (Phi) is 6.36. The lowest BCUT2D eigenvalue weighted by Gasteiger charge is -2.32. The first kappa shape index (κ1) is 23.5. The molecule has 6 nitrogen and oxygen atoms in total. The van der Waals surface area contributed by atoms with Crippen molar-refractivity contribution in [3.63, 3.8) is 0 Å². The Bertz CT molecular complexity index is 1250. The van der Waals surface area contributed by atoms with Gasteiger partial charge in [-0.3, -0.25) is 4.79 Å². The first-order valence-corrected chi connectivity index (χ1v) is 13.2. The highest BCUT2D eigenvalue weighted by Gasteiger charge is 2.27. The molecule has 1 aromatic heterocycles. The predicted molar refractivity (Wildman–Crippen MR) is 131 cm³/mol. The zero-order chi connectivity index (χ0) is 23.8. The summed E-state index contributed by atoms with van der Waals surface area (Å²) >= 11 is 0. The second-order valence-electron chi connectivity index (χ2n) is 10.1. The molecule has 0 radical (unpaired) electrons. The number of piperidine rings is 1. The number of carbonyl (C=O) groups is 1. The molecule has 1 saturated heterocycles. The van der Waals surface area contributed by atoms with E-state index in [0.29, 0.717) is 10.8 Å². The molecule has 7 heteroatoms. The number of nitrogens with zero attached hydrogens (tertiary/aromatic N) is 3. The summed E-state index contributed by atoms with van der Waals surface area (Å²) in [5.41, 5.74) is 2.28. The number of fused-ring (bicyclic) bond motifs is 1. The van der Waals surface area contributed by atoms with Crippen LogP contribution >= 0.6 is 0 Å². The van der Waals surface area contributed by atoms with Crippen molar-refractivity contribution >= 4 is 26.8 Å². The summed E-state index contributed by atoms with van der Waals surface area (Å²) in [6.45, 7) is 10.4. The van der Waals surface area contributed by atoms with Crippen LogP contribution < -0.4 is 0 Å². The van der Waals surface area contributed by atoms with Crippen LogP contribution in [-0.4, -0.2) is 41.9 Å². The topological polar surface area (TPSA) is 72.3 Å². The van der Waals surface area contributed by atoms with Crippen molar-refractivity contribution < 1.29 is 13.2 Å². The van der Waals surface area contributed by atoms with Crippen molar-refractivity contribution in [3.05, 3.63) is 59.9 Å². The van der Waals surface area contributed by atoms with Gasteiger partial charge in [0.15, 0.2) is 9.84 Å². The van der Waals surface area contributed by atoms with Crippen LogP contribution in [0.25, 0.3) is 11.0 Å².